The molecule has 1 fully saturated rings. The van der Waals surface area contributed by atoms with Crippen LogP contribution in [0.2, 0.25) is 5.02 Å². The topological polar surface area (TPSA) is 84.6 Å². The number of halogens is 2. The van der Waals surface area contributed by atoms with Crippen molar-refractivity contribution < 1.29 is 9.26 Å². The van der Waals surface area contributed by atoms with E-state index in [1.54, 1.807) is 7.05 Å². The molecule has 3 rings (SSSR count). The van der Waals surface area contributed by atoms with Crippen LogP contribution in [0.4, 0.5) is 0 Å². The molecule has 26 heavy (non-hydrogen) atoms. The number of nitrogens with one attached hydrogen (secondary N) is 2. The Bertz CT molecular complexity index is 719. The summed E-state index contributed by atoms with van der Waals surface area (Å²) in [5.74, 6) is 1.85. The first-order valence-corrected chi connectivity index (χ1v) is 8.77. The molecule has 142 valence electrons. The molecule has 1 aromatic heterocycles. The fourth-order valence-corrected chi connectivity index (χ4v) is 2.82. The Labute approximate surface area is 175 Å². The first kappa shape index (κ1) is 20.9. The lowest BCUT2D eigenvalue weighted by Crippen LogP contribution is -2.41. The van der Waals surface area contributed by atoms with Gasteiger partial charge in [-0.2, -0.15) is 4.98 Å². The number of rotatable bonds is 6. The summed E-state index contributed by atoms with van der Waals surface area (Å²) in [5, 5.41) is 11.1. The molecular formula is C17H23ClIN5O2. The molecule has 1 atom stereocenters. The third-order valence-corrected chi connectivity index (χ3v) is 4.16. The first-order chi connectivity index (χ1) is 12.2. The van der Waals surface area contributed by atoms with Gasteiger partial charge >= 0.3 is 0 Å². The highest BCUT2D eigenvalue weighted by molar-refractivity contribution is 14.0. The van der Waals surface area contributed by atoms with E-state index in [4.69, 9.17) is 20.9 Å². The Hall–Kier alpha value is -1.39. The zero-order valence-electron chi connectivity index (χ0n) is 14.6. The van der Waals surface area contributed by atoms with Crippen molar-refractivity contribution in [2.24, 2.45) is 4.99 Å². The summed E-state index contributed by atoms with van der Waals surface area (Å²) in [7, 11) is 1.74. The number of ether oxygens (including phenoxy) is 1. The minimum absolute atomic E-state index is 0. The van der Waals surface area contributed by atoms with E-state index in [9.17, 15) is 0 Å². The molecule has 7 nitrogen and oxygen atoms in total. The van der Waals surface area contributed by atoms with E-state index in [0.717, 1.165) is 37.5 Å². The van der Waals surface area contributed by atoms with E-state index in [-0.39, 0.29) is 30.1 Å². The maximum atomic E-state index is 5.99. The largest absolute Gasteiger partial charge is 0.376 e. The van der Waals surface area contributed by atoms with E-state index in [0.29, 0.717) is 29.7 Å². The molecule has 0 spiro atoms. The summed E-state index contributed by atoms with van der Waals surface area (Å²) in [5.41, 5.74) is 0.837. The van der Waals surface area contributed by atoms with E-state index in [1.165, 1.54) is 0 Å². The second-order valence-corrected chi connectivity index (χ2v) is 6.22. The molecule has 0 bridgehead atoms. The van der Waals surface area contributed by atoms with Gasteiger partial charge in [0.25, 0.3) is 0 Å². The Morgan fingerprint density at radius 3 is 3.00 bits per heavy atom. The van der Waals surface area contributed by atoms with Gasteiger partial charge in [-0.3, -0.25) is 4.99 Å². The molecule has 0 aliphatic carbocycles. The van der Waals surface area contributed by atoms with Gasteiger partial charge in [-0.25, -0.2) is 0 Å². The van der Waals surface area contributed by atoms with Gasteiger partial charge in [0.15, 0.2) is 5.96 Å². The van der Waals surface area contributed by atoms with Crippen LogP contribution >= 0.6 is 35.6 Å². The maximum Gasteiger partial charge on any atom is 0.228 e. The van der Waals surface area contributed by atoms with Crippen LogP contribution in [0, 0.1) is 0 Å². The Morgan fingerprint density at radius 2 is 2.27 bits per heavy atom. The van der Waals surface area contributed by atoms with Gasteiger partial charge in [-0.1, -0.05) is 28.9 Å². The highest BCUT2D eigenvalue weighted by Gasteiger charge is 2.15. The number of aliphatic imine (C=N–C) groups is 1. The predicted molar refractivity (Wildman–Crippen MR) is 112 cm³/mol. The molecule has 2 heterocycles. The lowest BCUT2D eigenvalue weighted by molar-refractivity contribution is 0.114. The number of nitrogens with zero attached hydrogens (tertiary/aromatic N) is 3. The van der Waals surface area contributed by atoms with Crippen LogP contribution in [0.1, 0.15) is 18.7 Å². The van der Waals surface area contributed by atoms with Gasteiger partial charge < -0.3 is 19.9 Å². The highest BCUT2D eigenvalue weighted by Crippen LogP contribution is 2.19. The molecule has 1 aliphatic rings. The fraction of sp³-hybridized carbons (Fsp3) is 0.471. The Kier molecular flexibility index (Phi) is 8.60. The van der Waals surface area contributed by atoms with E-state index in [2.05, 4.69) is 25.8 Å². The van der Waals surface area contributed by atoms with Crippen LogP contribution in [0.15, 0.2) is 33.8 Å². The zero-order chi connectivity index (χ0) is 17.5. The van der Waals surface area contributed by atoms with E-state index >= 15 is 0 Å². The van der Waals surface area contributed by atoms with Gasteiger partial charge in [0, 0.05) is 43.8 Å². The number of hydrogen-bond acceptors (Lipinski definition) is 5. The molecular weight excluding hydrogens is 469 g/mol. The lowest BCUT2D eigenvalue weighted by atomic mass is 10.2. The molecule has 1 aromatic carbocycles. The number of benzene rings is 1. The molecule has 2 aromatic rings. The Balaban J connectivity index is 0.00000243. The monoisotopic (exact) mass is 491 g/mol. The normalized spacial score (nSPS) is 17.0. The van der Waals surface area contributed by atoms with Gasteiger partial charge in [0.2, 0.25) is 11.7 Å². The standard InChI is InChI=1S/C17H22ClN5O2.HI/c1-19-17(21-11-14-6-3-9-24-14)20-8-7-15-22-16(23-25-15)12-4-2-5-13(18)10-12;/h2,4-5,10,14H,3,6-9,11H2,1H3,(H2,19,20,21);1H. The van der Waals surface area contributed by atoms with Crippen LogP contribution in [-0.4, -0.2) is 48.9 Å². The molecule has 0 amide bonds. The summed E-state index contributed by atoms with van der Waals surface area (Å²) >= 11 is 5.99. The van der Waals surface area contributed by atoms with Crippen LogP contribution in [0.5, 0.6) is 0 Å². The third-order valence-electron chi connectivity index (χ3n) is 3.93. The second-order valence-electron chi connectivity index (χ2n) is 5.79. The van der Waals surface area contributed by atoms with Crippen molar-refractivity contribution in [1.82, 2.24) is 20.8 Å². The van der Waals surface area contributed by atoms with Gasteiger partial charge in [-0.05, 0) is 25.0 Å². The summed E-state index contributed by atoms with van der Waals surface area (Å²) in [6.07, 6.45) is 3.10. The maximum absolute atomic E-state index is 5.99. The van der Waals surface area contributed by atoms with Crippen molar-refractivity contribution >= 4 is 41.5 Å². The molecule has 1 unspecified atom stereocenters. The Morgan fingerprint density at radius 1 is 1.38 bits per heavy atom. The molecule has 0 radical (unpaired) electrons. The van der Waals surface area contributed by atoms with Crippen LogP contribution < -0.4 is 10.6 Å². The van der Waals surface area contributed by atoms with Crippen molar-refractivity contribution in [1.29, 1.82) is 0 Å². The average molecular weight is 492 g/mol. The van der Waals surface area contributed by atoms with Crippen molar-refractivity contribution in [3.05, 3.63) is 35.2 Å². The highest BCUT2D eigenvalue weighted by atomic mass is 127. The summed E-state index contributed by atoms with van der Waals surface area (Å²) in [4.78, 5) is 8.60. The fourth-order valence-electron chi connectivity index (χ4n) is 2.63. The van der Waals surface area contributed by atoms with Crippen LogP contribution in [0.25, 0.3) is 11.4 Å². The SMILES string of the molecule is CN=C(NCCc1nc(-c2cccc(Cl)c2)no1)NCC1CCCO1.I. The van der Waals surface area contributed by atoms with Gasteiger partial charge in [-0.15, -0.1) is 24.0 Å². The summed E-state index contributed by atoms with van der Waals surface area (Å²) < 4.78 is 10.9. The molecule has 0 saturated carbocycles. The quantitative estimate of drug-likeness (QED) is 0.367. The third kappa shape index (κ3) is 6.10. The van der Waals surface area contributed by atoms with E-state index < -0.39 is 0 Å². The van der Waals surface area contributed by atoms with Crippen molar-refractivity contribution in [3.63, 3.8) is 0 Å². The van der Waals surface area contributed by atoms with Crippen LogP contribution in [0.3, 0.4) is 0 Å². The molecule has 1 saturated heterocycles. The van der Waals surface area contributed by atoms with Crippen molar-refractivity contribution in [2.75, 3.05) is 26.7 Å². The number of aromatic nitrogens is 2. The van der Waals surface area contributed by atoms with Crippen LogP contribution in [-0.2, 0) is 11.2 Å². The lowest BCUT2D eigenvalue weighted by Gasteiger charge is -2.14. The summed E-state index contributed by atoms with van der Waals surface area (Å²) in [6.45, 7) is 2.26. The number of hydrogen-bond donors (Lipinski definition) is 2. The minimum atomic E-state index is 0. The van der Waals surface area contributed by atoms with Crippen molar-refractivity contribution in [3.8, 4) is 11.4 Å². The van der Waals surface area contributed by atoms with E-state index in [1.807, 2.05) is 24.3 Å². The van der Waals surface area contributed by atoms with Crippen molar-refractivity contribution in [2.45, 2.75) is 25.4 Å². The molecule has 1 aliphatic heterocycles. The number of guanidine groups is 1. The predicted octanol–water partition coefficient (Wildman–Crippen LogP) is 2.89. The minimum Gasteiger partial charge on any atom is -0.376 e. The molecule has 2 N–H and O–H groups in total. The van der Waals surface area contributed by atoms with Gasteiger partial charge in [0.1, 0.15) is 0 Å². The first-order valence-electron chi connectivity index (χ1n) is 8.39. The average Bonchev–Trinajstić information content (AvgIpc) is 3.30. The van der Waals surface area contributed by atoms with Gasteiger partial charge in [0.05, 0.1) is 6.10 Å². The summed E-state index contributed by atoms with van der Waals surface area (Å²) in [6, 6.07) is 7.38. The zero-order valence-corrected chi connectivity index (χ0v) is 17.7. The smallest absolute Gasteiger partial charge is 0.228 e. The molecule has 9 heteroatoms. The second kappa shape index (κ2) is 10.7.